The lowest BCUT2D eigenvalue weighted by atomic mass is 10.00. The molecule has 1 atom stereocenters. The fourth-order valence-corrected chi connectivity index (χ4v) is 5.36. The summed E-state index contributed by atoms with van der Waals surface area (Å²) in [5, 5.41) is 12.3. The molecule has 10 heteroatoms. The SMILES string of the molecule is CC(C)COc1ccccc1-c1ccc(N2CC(CNC(=O)c3ccc(-c4nc5cc(C#N)cc(C(C)C)c5o4)cc3)OC2=O)nc1. The first-order valence-corrected chi connectivity index (χ1v) is 15.6. The van der Waals surface area contributed by atoms with Crippen LogP contribution >= 0.6 is 0 Å². The van der Waals surface area contributed by atoms with E-state index < -0.39 is 12.2 Å². The number of hydrogen-bond donors (Lipinski definition) is 1. The summed E-state index contributed by atoms with van der Waals surface area (Å²) in [5.41, 5.74) is 5.66. The van der Waals surface area contributed by atoms with Crippen LogP contribution in [0.5, 0.6) is 5.75 Å². The van der Waals surface area contributed by atoms with Crippen molar-refractivity contribution in [3.05, 3.63) is 95.7 Å². The molecule has 2 aromatic heterocycles. The van der Waals surface area contributed by atoms with Crippen molar-refractivity contribution in [2.45, 2.75) is 39.7 Å². The average molecular weight is 630 g/mol. The Morgan fingerprint density at radius 2 is 1.83 bits per heavy atom. The van der Waals surface area contributed by atoms with Gasteiger partial charge in [0, 0.05) is 34.0 Å². The van der Waals surface area contributed by atoms with E-state index in [4.69, 9.17) is 13.9 Å². The van der Waals surface area contributed by atoms with E-state index in [1.54, 1.807) is 42.6 Å². The zero-order valence-electron chi connectivity index (χ0n) is 26.7. The van der Waals surface area contributed by atoms with Crippen molar-refractivity contribution < 1.29 is 23.5 Å². The second-order valence-electron chi connectivity index (χ2n) is 12.2. The molecule has 0 bridgehead atoms. The number of benzene rings is 3. The third kappa shape index (κ3) is 6.79. The van der Waals surface area contributed by atoms with Gasteiger partial charge in [0.15, 0.2) is 5.58 Å². The maximum absolute atomic E-state index is 12.9. The molecule has 5 aromatic rings. The number of anilines is 1. The number of fused-ring (bicyclic) bond motifs is 1. The molecule has 0 saturated carbocycles. The van der Waals surface area contributed by atoms with Crippen LogP contribution in [0.3, 0.4) is 0 Å². The summed E-state index contributed by atoms with van der Waals surface area (Å²) in [7, 11) is 0. The van der Waals surface area contributed by atoms with Gasteiger partial charge < -0.3 is 19.2 Å². The first kappa shape index (κ1) is 31.3. The van der Waals surface area contributed by atoms with Gasteiger partial charge in [-0.2, -0.15) is 5.26 Å². The number of cyclic esters (lactones) is 1. The molecular weight excluding hydrogens is 594 g/mol. The maximum Gasteiger partial charge on any atom is 0.416 e. The summed E-state index contributed by atoms with van der Waals surface area (Å²) in [5.74, 6) is 1.91. The molecule has 3 aromatic carbocycles. The topological polar surface area (TPSA) is 131 Å². The van der Waals surface area contributed by atoms with Crippen LogP contribution in [0.4, 0.5) is 10.6 Å². The Morgan fingerprint density at radius 1 is 1.06 bits per heavy atom. The van der Waals surface area contributed by atoms with Crippen molar-refractivity contribution >= 4 is 28.9 Å². The molecule has 10 nitrogen and oxygen atoms in total. The number of ether oxygens (including phenoxy) is 2. The van der Waals surface area contributed by atoms with Crippen molar-refractivity contribution in [3.63, 3.8) is 0 Å². The third-order valence-corrected chi connectivity index (χ3v) is 7.82. The molecule has 0 radical (unpaired) electrons. The Hall–Kier alpha value is -5.69. The molecule has 0 aliphatic carbocycles. The van der Waals surface area contributed by atoms with Crippen LogP contribution in [0.25, 0.3) is 33.7 Å². The monoisotopic (exact) mass is 629 g/mol. The number of rotatable bonds is 10. The number of nitriles is 1. The highest BCUT2D eigenvalue weighted by Crippen LogP contribution is 2.33. The highest BCUT2D eigenvalue weighted by Gasteiger charge is 2.33. The van der Waals surface area contributed by atoms with Gasteiger partial charge in [0.2, 0.25) is 5.89 Å². The van der Waals surface area contributed by atoms with Gasteiger partial charge in [0.1, 0.15) is 23.2 Å². The van der Waals surface area contributed by atoms with Gasteiger partial charge in [-0.15, -0.1) is 0 Å². The zero-order valence-corrected chi connectivity index (χ0v) is 26.7. The molecule has 1 fully saturated rings. The second kappa shape index (κ2) is 13.3. The van der Waals surface area contributed by atoms with E-state index in [1.165, 1.54) is 4.90 Å². The van der Waals surface area contributed by atoms with Gasteiger partial charge in [-0.05, 0) is 66.4 Å². The molecule has 1 aliphatic rings. The van der Waals surface area contributed by atoms with E-state index in [1.807, 2.05) is 50.2 Å². The Morgan fingerprint density at radius 3 is 2.53 bits per heavy atom. The molecule has 1 N–H and O–H groups in total. The molecule has 238 valence electrons. The van der Waals surface area contributed by atoms with Gasteiger partial charge in [0.25, 0.3) is 5.91 Å². The minimum atomic E-state index is -0.537. The van der Waals surface area contributed by atoms with Crippen molar-refractivity contribution in [1.82, 2.24) is 15.3 Å². The highest BCUT2D eigenvalue weighted by atomic mass is 16.6. The highest BCUT2D eigenvalue weighted by molar-refractivity contribution is 5.95. The molecule has 1 saturated heterocycles. The van der Waals surface area contributed by atoms with Crippen LogP contribution in [0, 0.1) is 17.2 Å². The van der Waals surface area contributed by atoms with E-state index in [9.17, 15) is 14.9 Å². The van der Waals surface area contributed by atoms with Crippen LogP contribution in [0.1, 0.15) is 55.1 Å². The number of carbonyl (C=O) groups is 2. The molecular formula is C37H35N5O5. The number of aromatic nitrogens is 2. The fraction of sp³-hybridized carbons (Fsp3) is 0.270. The normalized spacial score (nSPS) is 14.4. The number of nitrogens with one attached hydrogen (secondary N) is 1. The number of para-hydroxylation sites is 1. The van der Waals surface area contributed by atoms with Crippen LogP contribution in [0.2, 0.25) is 0 Å². The predicted molar refractivity (Wildman–Crippen MR) is 178 cm³/mol. The standard InChI is InChI=1S/C37H35N5O5/c1-22(2)21-45-32-8-6-5-7-29(32)27-13-14-33(39-18-27)42-20-28(46-37(42)44)19-40-35(43)25-9-11-26(12-10-25)36-41-31-16-24(17-38)15-30(23(3)4)34(31)47-36/h5-16,18,22-23,28H,19-21H2,1-4H3,(H,40,43). The van der Waals surface area contributed by atoms with Gasteiger partial charge in [-0.25, -0.2) is 14.8 Å². The van der Waals surface area contributed by atoms with Gasteiger partial charge in [0.05, 0.1) is 31.3 Å². The van der Waals surface area contributed by atoms with E-state index in [0.717, 1.165) is 22.4 Å². The maximum atomic E-state index is 12.9. The molecule has 0 spiro atoms. The summed E-state index contributed by atoms with van der Waals surface area (Å²) in [6.07, 6.45) is 0.660. The Bertz CT molecular complexity index is 1960. The van der Waals surface area contributed by atoms with Gasteiger partial charge in [-0.1, -0.05) is 45.9 Å². The Balaban J connectivity index is 1.07. The number of nitrogens with zero attached hydrogens (tertiary/aromatic N) is 4. The molecule has 1 aliphatic heterocycles. The number of amides is 2. The van der Waals surface area contributed by atoms with Crippen molar-refractivity contribution in [2.24, 2.45) is 5.92 Å². The minimum Gasteiger partial charge on any atom is -0.493 e. The number of carbonyl (C=O) groups excluding carboxylic acids is 2. The van der Waals surface area contributed by atoms with Crippen molar-refractivity contribution in [2.75, 3.05) is 24.6 Å². The first-order chi connectivity index (χ1) is 22.7. The lowest BCUT2D eigenvalue weighted by molar-refractivity contribution is 0.0916. The van der Waals surface area contributed by atoms with Crippen LogP contribution in [0.15, 0.2) is 83.4 Å². The number of hydrogen-bond acceptors (Lipinski definition) is 8. The largest absolute Gasteiger partial charge is 0.493 e. The summed E-state index contributed by atoms with van der Waals surface area (Å²) >= 11 is 0. The summed E-state index contributed by atoms with van der Waals surface area (Å²) < 4.78 is 17.6. The lowest BCUT2D eigenvalue weighted by Crippen LogP contribution is -2.34. The van der Waals surface area contributed by atoms with Crippen molar-refractivity contribution in [1.29, 1.82) is 5.26 Å². The Kier molecular flexibility index (Phi) is 8.89. The molecule has 1 unspecified atom stereocenters. The third-order valence-electron chi connectivity index (χ3n) is 7.82. The number of pyridine rings is 1. The smallest absolute Gasteiger partial charge is 0.416 e. The van der Waals surface area contributed by atoms with Crippen molar-refractivity contribution in [3.8, 4) is 34.4 Å². The molecule has 2 amide bonds. The molecule has 6 rings (SSSR count). The second-order valence-corrected chi connectivity index (χ2v) is 12.2. The van der Waals surface area contributed by atoms with Crippen LogP contribution in [-0.2, 0) is 4.74 Å². The Labute approximate surface area is 273 Å². The first-order valence-electron chi connectivity index (χ1n) is 15.6. The van der Waals surface area contributed by atoms with Crippen LogP contribution in [-0.4, -0.2) is 47.8 Å². The average Bonchev–Trinajstić information content (AvgIpc) is 3.69. The van der Waals surface area contributed by atoms with E-state index >= 15 is 0 Å². The molecule has 47 heavy (non-hydrogen) atoms. The quantitative estimate of drug-likeness (QED) is 0.170. The summed E-state index contributed by atoms with van der Waals surface area (Å²) in [6.45, 7) is 9.28. The zero-order chi connectivity index (χ0) is 33.1. The summed E-state index contributed by atoms with van der Waals surface area (Å²) in [6, 6.07) is 24.1. The number of oxazole rings is 1. The van der Waals surface area contributed by atoms with E-state index in [2.05, 4.69) is 35.2 Å². The summed E-state index contributed by atoms with van der Waals surface area (Å²) in [4.78, 5) is 36.2. The van der Waals surface area contributed by atoms with E-state index in [-0.39, 0.29) is 24.9 Å². The van der Waals surface area contributed by atoms with Gasteiger partial charge >= 0.3 is 6.09 Å². The minimum absolute atomic E-state index is 0.145. The van der Waals surface area contributed by atoms with Crippen LogP contribution < -0.4 is 15.0 Å². The lowest BCUT2D eigenvalue weighted by Gasteiger charge is -2.15. The fourth-order valence-electron chi connectivity index (χ4n) is 5.36. The predicted octanol–water partition coefficient (Wildman–Crippen LogP) is 7.34. The van der Waals surface area contributed by atoms with E-state index in [0.29, 0.717) is 52.0 Å². The van der Waals surface area contributed by atoms with Gasteiger partial charge in [-0.3, -0.25) is 9.69 Å². The molecule has 3 heterocycles.